The number of Topliss-reactive ketones (excluding diaryl/α,β-unsaturated/α-hetero) is 1. The van der Waals surface area contributed by atoms with E-state index in [1.165, 1.54) is 18.9 Å². The second-order valence-corrected chi connectivity index (χ2v) is 7.66. The number of methoxy groups -OCH3 is 1. The lowest BCUT2D eigenvalue weighted by molar-refractivity contribution is 0.0599. The monoisotopic (exact) mass is 383 g/mol. The second kappa shape index (κ2) is 7.52. The van der Waals surface area contributed by atoms with Gasteiger partial charge in [0.05, 0.1) is 29.1 Å². The van der Waals surface area contributed by atoms with Crippen molar-refractivity contribution in [3.8, 4) is 0 Å². The first-order valence-corrected chi connectivity index (χ1v) is 9.43. The number of rotatable bonds is 5. The van der Waals surface area contributed by atoms with Crippen molar-refractivity contribution in [1.29, 1.82) is 0 Å². The van der Waals surface area contributed by atoms with Crippen LogP contribution in [0.4, 0.5) is 0 Å². The van der Waals surface area contributed by atoms with Crippen molar-refractivity contribution >= 4 is 34.4 Å². The van der Waals surface area contributed by atoms with Gasteiger partial charge >= 0.3 is 5.97 Å². The van der Waals surface area contributed by atoms with Crippen LogP contribution in [0, 0.1) is 20.8 Å². The van der Waals surface area contributed by atoms with Crippen LogP contribution in [0.5, 0.6) is 0 Å². The van der Waals surface area contributed by atoms with Crippen molar-refractivity contribution < 1.29 is 14.3 Å². The van der Waals surface area contributed by atoms with Crippen molar-refractivity contribution in [3.63, 3.8) is 0 Å². The molecule has 6 nitrogen and oxygen atoms in total. The Labute approximate surface area is 161 Å². The minimum atomic E-state index is -0.446. The molecule has 0 aliphatic rings. The number of H-pyrrole nitrogens is 1. The van der Waals surface area contributed by atoms with Crippen LogP contribution in [0.15, 0.2) is 29.3 Å². The van der Waals surface area contributed by atoms with E-state index in [9.17, 15) is 9.59 Å². The molecule has 1 aromatic carbocycles. The van der Waals surface area contributed by atoms with E-state index in [4.69, 9.17) is 4.74 Å². The van der Waals surface area contributed by atoms with Crippen LogP contribution >= 0.6 is 11.8 Å². The predicted octanol–water partition coefficient (Wildman–Crippen LogP) is 4.03. The highest BCUT2D eigenvalue weighted by atomic mass is 32.2. The summed E-state index contributed by atoms with van der Waals surface area (Å²) in [4.78, 5) is 37.0. The number of aromatic nitrogens is 3. The van der Waals surface area contributed by atoms with Crippen LogP contribution in [-0.2, 0) is 4.74 Å². The van der Waals surface area contributed by atoms with Gasteiger partial charge in [0.25, 0.3) is 0 Å². The fourth-order valence-electron chi connectivity index (χ4n) is 3.08. The number of benzene rings is 1. The maximum Gasteiger partial charge on any atom is 0.339 e. The van der Waals surface area contributed by atoms with Crippen LogP contribution < -0.4 is 0 Å². The number of hydrogen-bond donors (Lipinski definition) is 1. The van der Waals surface area contributed by atoms with Gasteiger partial charge in [-0.3, -0.25) is 4.79 Å². The van der Waals surface area contributed by atoms with Gasteiger partial charge in [-0.1, -0.05) is 30.0 Å². The van der Waals surface area contributed by atoms with E-state index in [-0.39, 0.29) is 11.0 Å². The fourth-order valence-corrected chi connectivity index (χ4v) is 4.12. The summed E-state index contributed by atoms with van der Waals surface area (Å²) in [6, 6.07) is 7.74. The zero-order valence-corrected chi connectivity index (χ0v) is 16.7. The predicted molar refractivity (Wildman–Crippen MR) is 106 cm³/mol. The minimum Gasteiger partial charge on any atom is -0.465 e. The van der Waals surface area contributed by atoms with Crippen LogP contribution in [0.25, 0.3) is 10.9 Å². The molecule has 0 bridgehead atoms. The van der Waals surface area contributed by atoms with Gasteiger partial charge in [0.2, 0.25) is 0 Å². The molecular weight excluding hydrogens is 362 g/mol. The molecule has 2 heterocycles. The van der Waals surface area contributed by atoms with Crippen LogP contribution in [0.3, 0.4) is 0 Å². The Hall–Kier alpha value is -2.67. The first-order valence-electron chi connectivity index (χ1n) is 8.55. The maximum absolute atomic E-state index is 13.0. The van der Waals surface area contributed by atoms with Crippen LogP contribution in [-0.4, -0.2) is 39.1 Å². The van der Waals surface area contributed by atoms with E-state index in [1.807, 2.05) is 38.1 Å². The van der Waals surface area contributed by atoms with E-state index in [1.54, 1.807) is 13.8 Å². The number of nitrogens with zero attached hydrogens (tertiary/aromatic N) is 2. The number of esters is 1. The molecule has 0 fully saturated rings. The summed E-state index contributed by atoms with van der Waals surface area (Å²) in [5.41, 5.74) is 2.94. The third-order valence-corrected chi connectivity index (χ3v) is 5.51. The number of carbonyl (C=O) groups excluding carboxylic acids is 2. The van der Waals surface area contributed by atoms with Crippen molar-refractivity contribution in [1.82, 2.24) is 15.0 Å². The Bertz CT molecular complexity index is 1040. The SMILES string of the molecule is COC(=O)c1c(C)[nH]c(C(=O)C(C)Sc2nc(C)nc3ccccc23)c1C. The molecule has 0 amide bonds. The molecule has 3 rings (SSSR count). The Morgan fingerprint density at radius 3 is 2.56 bits per heavy atom. The number of aromatic amines is 1. The Morgan fingerprint density at radius 1 is 1.15 bits per heavy atom. The topological polar surface area (TPSA) is 84.9 Å². The van der Waals surface area contributed by atoms with Crippen LogP contribution in [0.1, 0.15) is 44.9 Å². The van der Waals surface area contributed by atoms with Crippen LogP contribution in [0.2, 0.25) is 0 Å². The number of ether oxygens (including phenoxy) is 1. The first kappa shape index (κ1) is 19.1. The molecule has 27 heavy (non-hydrogen) atoms. The van der Waals surface area contributed by atoms with E-state index >= 15 is 0 Å². The highest BCUT2D eigenvalue weighted by Gasteiger charge is 2.26. The molecule has 1 atom stereocenters. The maximum atomic E-state index is 13.0. The number of hydrogen-bond acceptors (Lipinski definition) is 6. The number of thioether (sulfide) groups is 1. The van der Waals surface area contributed by atoms with Crippen molar-refractivity contribution in [2.45, 2.75) is 38.0 Å². The normalized spacial score (nSPS) is 12.2. The number of aryl methyl sites for hydroxylation is 2. The number of nitrogens with one attached hydrogen (secondary N) is 1. The molecule has 3 aromatic rings. The Balaban J connectivity index is 1.93. The van der Waals surface area contributed by atoms with Gasteiger partial charge in [-0.15, -0.1) is 0 Å². The largest absolute Gasteiger partial charge is 0.465 e. The van der Waals surface area contributed by atoms with Gasteiger partial charge in [-0.2, -0.15) is 0 Å². The summed E-state index contributed by atoms with van der Waals surface area (Å²) >= 11 is 1.39. The summed E-state index contributed by atoms with van der Waals surface area (Å²) in [5, 5.41) is 1.31. The average molecular weight is 383 g/mol. The quantitative estimate of drug-likeness (QED) is 0.310. The van der Waals surface area contributed by atoms with Crippen molar-refractivity contribution in [2.24, 2.45) is 0 Å². The summed E-state index contributed by atoms with van der Waals surface area (Å²) in [6.07, 6.45) is 0. The van der Waals surface area contributed by atoms with E-state index in [2.05, 4.69) is 15.0 Å². The smallest absolute Gasteiger partial charge is 0.339 e. The number of carbonyl (C=O) groups is 2. The molecule has 1 N–H and O–H groups in total. The Morgan fingerprint density at radius 2 is 1.85 bits per heavy atom. The lowest BCUT2D eigenvalue weighted by Gasteiger charge is -2.12. The molecule has 0 saturated heterocycles. The molecule has 140 valence electrons. The van der Waals surface area contributed by atoms with E-state index < -0.39 is 5.97 Å². The molecule has 0 radical (unpaired) electrons. The third kappa shape index (κ3) is 3.60. The number of para-hydroxylation sites is 1. The standard InChI is InChI=1S/C20H21N3O3S/c1-10-16(20(25)26-5)11(2)21-17(10)18(24)12(3)27-19-14-8-6-7-9-15(14)22-13(4)23-19/h6-9,12,21H,1-5H3. The van der Waals surface area contributed by atoms with Gasteiger partial charge in [0, 0.05) is 11.1 Å². The number of fused-ring (bicyclic) bond motifs is 1. The third-order valence-electron chi connectivity index (χ3n) is 4.41. The highest BCUT2D eigenvalue weighted by Crippen LogP contribution is 2.31. The van der Waals surface area contributed by atoms with Gasteiger partial charge in [0.15, 0.2) is 5.78 Å². The molecule has 7 heteroatoms. The Kier molecular flexibility index (Phi) is 5.32. The second-order valence-electron chi connectivity index (χ2n) is 6.33. The van der Waals surface area contributed by atoms with Gasteiger partial charge < -0.3 is 9.72 Å². The molecule has 0 aliphatic carbocycles. The average Bonchev–Trinajstić information content (AvgIpc) is 2.94. The summed E-state index contributed by atoms with van der Waals surface area (Å²) in [6.45, 7) is 7.19. The zero-order chi connectivity index (χ0) is 19.7. The van der Waals surface area contributed by atoms with Gasteiger partial charge in [0.1, 0.15) is 10.9 Å². The highest BCUT2D eigenvalue weighted by molar-refractivity contribution is 8.00. The van der Waals surface area contributed by atoms with Crippen molar-refractivity contribution in [2.75, 3.05) is 7.11 Å². The lowest BCUT2D eigenvalue weighted by atomic mass is 10.1. The van der Waals surface area contributed by atoms with E-state index in [0.717, 1.165) is 15.9 Å². The van der Waals surface area contributed by atoms with Crippen molar-refractivity contribution in [3.05, 3.63) is 52.6 Å². The first-order chi connectivity index (χ1) is 12.8. The lowest BCUT2D eigenvalue weighted by Crippen LogP contribution is -2.16. The fraction of sp³-hybridized carbons (Fsp3) is 0.300. The molecule has 0 spiro atoms. The zero-order valence-electron chi connectivity index (χ0n) is 15.9. The summed E-state index contributed by atoms with van der Waals surface area (Å²) in [5.74, 6) is 0.129. The van der Waals surface area contributed by atoms with E-state index in [0.29, 0.717) is 28.3 Å². The number of ketones is 1. The summed E-state index contributed by atoms with van der Waals surface area (Å²) in [7, 11) is 1.33. The summed E-state index contributed by atoms with van der Waals surface area (Å²) < 4.78 is 4.82. The molecule has 2 aromatic heterocycles. The molecular formula is C20H21N3O3S. The van der Waals surface area contributed by atoms with Gasteiger partial charge in [-0.05, 0) is 39.3 Å². The van der Waals surface area contributed by atoms with Gasteiger partial charge in [-0.25, -0.2) is 14.8 Å². The molecule has 0 saturated carbocycles. The minimum absolute atomic E-state index is 0.0869. The molecule has 1 unspecified atom stereocenters. The molecule has 0 aliphatic heterocycles.